The van der Waals surface area contributed by atoms with Crippen LogP contribution in [0.1, 0.15) is 34.5 Å². The maximum Gasteiger partial charge on any atom is 0.340 e. The van der Waals surface area contributed by atoms with E-state index >= 15 is 0 Å². The molecule has 20 nitrogen and oxygen atoms in total. The van der Waals surface area contributed by atoms with Gasteiger partial charge in [-0.05, 0) is 67.3 Å². The number of ether oxygens (including phenoxy) is 3. The van der Waals surface area contributed by atoms with E-state index in [0.717, 1.165) is 47.3 Å². The van der Waals surface area contributed by atoms with Crippen molar-refractivity contribution in [3.8, 4) is 11.4 Å². The minimum absolute atomic E-state index is 0.0348. The van der Waals surface area contributed by atoms with Crippen molar-refractivity contribution in [1.29, 1.82) is 0 Å². The average Bonchev–Trinajstić information content (AvgIpc) is 4.27. The van der Waals surface area contributed by atoms with Crippen molar-refractivity contribution < 1.29 is 27.8 Å². The van der Waals surface area contributed by atoms with Crippen molar-refractivity contribution in [1.82, 2.24) is 59.0 Å². The van der Waals surface area contributed by atoms with Crippen LogP contribution >= 0.6 is 11.3 Å². The lowest BCUT2D eigenvalue weighted by atomic mass is 10.2. The summed E-state index contributed by atoms with van der Waals surface area (Å²) in [6.45, 7) is 9.96. The second kappa shape index (κ2) is 19.7. The number of esters is 1. The zero-order valence-electron chi connectivity index (χ0n) is 38.5. The number of fused-ring (bicyclic) bond motifs is 4. The second-order valence-electron chi connectivity index (χ2n) is 16.6. The Morgan fingerprint density at radius 2 is 1.30 bits per heavy atom. The first kappa shape index (κ1) is 45.3. The number of thiophene rings is 1. The minimum Gasteiger partial charge on any atom is -0.462 e. The number of para-hydroxylation sites is 1. The molecular weight excluding hydrogens is 935 g/mol. The highest BCUT2D eigenvalue weighted by Gasteiger charge is 2.23. The summed E-state index contributed by atoms with van der Waals surface area (Å²) < 4.78 is 47.8. The standard InChI is InChI=1S/C24H22F2N8O.C24H24N8O3S/c1-14-3-2-4-15(11-14)34-13-28-21-22(31-24(32-23(21)34)33-7-9-35-10-8-33)27-12-18-29-17-6-5-16(25)19(26)20(17)30-18;1-2-35-23(33)16-4-3-5-17-19(16)28-18(27-17)12-25-21-20-22(32(14-26-20)15-6-11-36-13-15)30-24(29-21)31-7-9-34-10-8-31/h2-6,11,13H,7-10,12H2,1H3,(H,29,30)(H,27,31,32);3-6,11,13-14H,2,7-10,12H2,1H3,(H,27,28)(H,25,29,30). The third-order valence-corrected chi connectivity index (χ3v) is 12.6. The third-order valence-electron chi connectivity index (χ3n) is 11.9. The Labute approximate surface area is 407 Å². The Morgan fingerprint density at radius 1 is 0.704 bits per heavy atom. The van der Waals surface area contributed by atoms with E-state index in [1.165, 1.54) is 6.07 Å². The Morgan fingerprint density at radius 3 is 1.89 bits per heavy atom. The van der Waals surface area contributed by atoms with E-state index in [4.69, 9.17) is 34.1 Å². The summed E-state index contributed by atoms with van der Waals surface area (Å²) in [7, 11) is 0. The Bertz CT molecular complexity index is 3530. The molecule has 12 rings (SSSR count). The van der Waals surface area contributed by atoms with Gasteiger partial charge in [-0.1, -0.05) is 18.2 Å². The molecule has 0 atom stereocenters. The number of carbonyl (C=O) groups is 1. The number of hydrogen-bond acceptors (Lipinski definition) is 17. The van der Waals surface area contributed by atoms with Gasteiger partial charge in [0.1, 0.15) is 35.3 Å². The lowest BCUT2D eigenvalue weighted by molar-refractivity contribution is 0.0528. The number of benzene rings is 3. The molecule has 0 amide bonds. The molecule has 0 radical (unpaired) electrons. The molecule has 0 bridgehead atoms. The van der Waals surface area contributed by atoms with Gasteiger partial charge in [-0.3, -0.25) is 9.13 Å². The number of H-pyrrole nitrogens is 2. The van der Waals surface area contributed by atoms with Gasteiger partial charge in [-0.15, -0.1) is 0 Å². The highest BCUT2D eigenvalue weighted by Crippen LogP contribution is 2.29. The molecule has 23 heteroatoms. The van der Waals surface area contributed by atoms with Crippen LogP contribution in [0.15, 0.2) is 84.1 Å². The topological polar surface area (TPSA) is 220 Å². The molecule has 4 N–H and O–H groups in total. The lowest BCUT2D eigenvalue weighted by Crippen LogP contribution is -2.37. The maximum absolute atomic E-state index is 14.1. The van der Waals surface area contributed by atoms with Crippen LogP contribution in [0.2, 0.25) is 0 Å². The summed E-state index contributed by atoms with van der Waals surface area (Å²) in [6.07, 6.45) is 3.49. The molecule has 0 aliphatic carbocycles. The number of aryl methyl sites for hydroxylation is 1. The molecule has 10 aromatic rings. The van der Waals surface area contributed by atoms with Crippen molar-refractivity contribution in [3.63, 3.8) is 0 Å². The first-order valence-electron chi connectivity index (χ1n) is 23.0. The van der Waals surface area contributed by atoms with Gasteiger partial charge >= 0.3 is 5.97 Å². The summed E-state index contributed by atoms with van der Waals surface area (Å²) in [6, 6.07) is 18.1. The second-order valence-corrected chi connectivity index (χ2v) is 17.4. The maximum atomic E-state index is 14.1. The van der Waals surface area contributed by atoms with Gasteiger partial charge in [0.15, 0.2) is 45.6 Å². The SMILES string of the molecule is CCOC(=O)c1cccc2[nH]c(CNc3nc(N4CCOCC4)nc4c3ncn4-c3ccsc3)nc12.Cc1cccc(-n2cnc3c(NCc4nc5c(F)c(F)ccc5[nH]4)nc(N4CCOCC4)nc32)c1. The number of aromatic nitrogens is 12. The number of nitrogens with one attached hydrogen (secondary N) is 4. The predicted octanol–water partition coefficient (Wildman–Crippen LogP) is 7.11. The zero-order chi connectivity index (χ0) is 48.4. The number of morpholine rings is 2. The molecule has 2 aliphatic rings. The van der Waals surface area contributed by atoms with E-state index in [1.807, 2.05) is 57.8 Å². The van der Waals surface area contributed by atoms with Crippen LogP contribution in [-0.2, 0) is 27.3 Å². The molecule has 362 valence electrons. The molecule has 0 spiro atoms. The van der Waals surface area contributed by atoms with E-state index in [1.54, 1.807) is 37.0 Å². The highest BCUT2D eigenvalue weighted by molar-refractivity contribution is 7.08. The van der Waals surface area contributed by atoms with Crippen LogP contribution in [0.25, 0.3) is 55.8 Å². The third kappa shape index (κ3) is 9.24. The molecule has 0 unspecified atom stereocenters. The predicted molar refractivity (Wildman–Crippen MR) is 265 cm³/mol. The molecule has 7 aromatic heterocycles. The largest absolute Gasteiger partial charge is 0.462 e. The molecule has 2 aliphatic heterocycles. The van der Waals surface area contributed by atoms with Crippen LogP contribution in [-0.4, -0.2) is 124 Å². The van der Waals surface area contributed by atoms with Crippen LogP contribution in [0.4, 0.5) is 32.3 Å². The number of halogens is 2. The normalized spacial score (nSPS) is 14.1. The summed E-state index contributed by atoms with van der Waals surface area (Å²) in [5, 5.41) is 10.7. The zero-order valence-corrected chi connectivity index (χ0v) is 39.3. The summed E-state index contributed by atoms with van der Waals surface area (Å²) >= 11 is 1.62. The van der Waals surface area contributed by atoms with Crippen molar-refractivity contribution in [2.75, 3.05) is 79.6 Å². The van der Waals surface area contributed by atoms with E-state index in [0.29, 0.717) is 121 Å². The van der Waals surface area contributed by atoms with Crippen LogP contribution in [0.3, 0.4) is 0 Å². The average molecular weight is 981 g/mol. The van der Waals surface area contributed by atoms with E-state index in [-0.39, 0.29) is 18.0 Å². The van der Waals surface area contributed by atoms with Crippen LogP contribution in [0.5, 0.6) is 0 Å². The van der Waals surface area contributed by atoms with Gasteiger partial charge < -0.3 is 44.6 Å². The molecule has 9 heterocycles. The van der Waals surface area contributed by atoms with Gasteiger partial charge in [0, 0.05) is 37.2 Å². The van der Waals surface area contributed by atoms with Gasteiger partial charge in [-0.25, -0.2) is 33.5 Å². The monoisotopic (exact) mass is 980 g/mol. The fourth-order valence-electron chi connectivity index (χ4n) is 8.41. The number of carbonyl (C=O) groups excluding carboxylic acids is 1. The fourth-order valence-corrected chi connectivity index (χ4v) is 9.04. The molecular formula is C48H46F2N16O4S. The number of hydrogen-bond donors (Lipinski definition) is 4. The molecule has 2 fully saturated rings. The molecule has 0 saturated carbocycles. The highest BCUT2D eigenvalue weighted by atomic mass is 32.1. The van der Waals surface area contributed by atoms with Gasteiger partial charge in [0.25, 0.3) is 0 Å². The quantitative estimate of drug-likeness (QED) is 0.0897. The van der Waals surface area contributed by atoms with Gasteiger partial charge in [0.2, 0.25) is 11.9 Å². The van der Waals surface area contributed by atoms with Crippen molar-refractivity contribution in [2.45, 2.75) is 26.9 Å². The summed E-state index contributed by atoms with van der Waals surface area (Å²) in [5.74, 6) is 1.15. The Hall–Kier alpha value is -8.15. The summed E-state index contributed by atoms with van der Waals surface area (Å²) in [4.78, 5) is 60.2. The summed E-state index contributed by atoms with van der Waals surface area (Å²) in [5.41, 5.74) is 7.89. The minimum atomic E-state index is -0.971. The number of nitrogens with zero attached hydrogens (tertiary/aromatic N) is 12. The van der Waals surface area contributed by atoms with Crippen molar-refractivity contribution >= 4 is 85.2 Å². The Balaban J connectivity index is 0.000000154. The number of imidazole rings is 4. The first-order valence-corrected chi connectivity index (χ1v) is 23.9. The molecule has 71 heavy (non-hydrogen) atoms. The lowest BCUT2D eigenvalue weighted by Gasteiger charge is -2.27. The Kier molecular flexibility index (Phi) is 12.6. The molecule has 2 saturated heterocycles. The van der Waals surface area contributed by atoms with Gasteiger partial charge in [-0.2, -0.15) is 31.3 Å². The smallest absolute Gasteiger partial charge is 0.340 e. The fraction of sp³-hybridized carbons (Fsp3) is 0.271. The van der Waals surface area contributed by atoms with Crippen molar-refractivity contribution in [2.24, 2.45) is 0 Å². The van der Waals surface area contributed by atoms with Crippen LogP contribution in [0, 0.1) is 18.6 Å². The van der Waals surface area contributed by atoms with Crippen LogP contribution < -0.4 is 20.4 Å². The van der Waals surface area contributed by atoms with E-state index in [9.17, 15) is 13.6 Å². The van der Waals surface area contributed by atoms with E-state index < -0.39 is 11.6 Å². The number of anilines is 4. The molecule has 3 aromatic carbocycles. The van der Waals surface area contributed by atoms with Crippen molar-refractivity contribution in [3.05, 3.63) is 118 Å². The van der Waals surface area contributed by atoms with E-state index in [2.05, 4.69) is 61.8 Å². The van der Waals surface area contributed by atoms with Gasteiger partial charge in [0.05, 0.1) is 68.4 Å². The first-order chi connectivity index (χ1) is 34.8. The number of rotatable bonds is 12. The number of aromatic amines is 2.